The second kappa shape index (κ2) is 7.33. The maximum Gasteiger partial charge on any atom is 0.495 e. The molecular formula is C23H21BClN3O5. The van der Waals surface area contributed by atoms with Crippen LogP contribution in [0.15, 0.2) is 76.3 Å². The molecule has 0 N–H and O–H groups in total. The Bertz CT molecular complexity index is 1380. The molecule has 1 saturated heterocycles. The summed E-state index contributed by atoms with van der Waals surface area (Å²) in [7, 11) is 0.943. The molecule has 8 nitrogen and oxygen atoms in total. The van der Waals surface area contributed by atoms with Gasteiger partial charge in [0.15, 0.2) is 5.00 Å². The summed E-state index contributed by atoms with van der Waals surface area (Å²) in [5.41, 5.74) is 1.27. The van der Waals surface area contributed by atoms with E-state index in [-0.39, 0.29) is 6.10 Å². The van der Waals surface area contributed by atoms with Gasteiger partial charge in [-0.15, -0.1) is 0 Å². The summed E-state index contributed by atoms with van der Waals surface area (Å²) in [6, 6.07) is 16.0. The van der Waals surface area contributed by atoms with Crippen molar-refractivity contribution in [3.63, 3.8) is 0 Å². The summed E-state index contributed by atoms with van der Waals surface area (Å²) in [5.74, 6) is 0. The first kappa shape index (κ1) is 20.7. The van der Waals surface area contributed by atoms with Crippen LogP contribution in [0.2, 0.25) is 0 Å². The molecule has 1 aromatic heterocycles. The molecule has 0 amide bonds. The van der Waals surface area contributed by atoms with E-state index in [1.807, 2.05) is 43.3 Å². The molecule has 7 rings (SSSR count). The normalized spacial score (nSPS) is 28.1. The molecule has 4 aliphatic rings. The number of benzene rings is 2. The zero-order chi connectivity index (χ0) is 22.9. The van der Waals surface area contributed by atoms with E-state index in [9.17, 15) is 9.59 Å². The average molecular weight is 466 g/mol. The van der Waals surface area contributed by atoms with Gasteiger partial charge in [0, 0.05) is 7.11 Å². The van der Waals surface area contributed by atoms with Gasteiger partial charge in [0.25, 0.3) is 0 Å². The second-order valence-electron chi connectivity index (χ2n) is 8.47. The van der Waals surface area contributed by atoms with Crippen LogP contribution in [0, 0.1) is 0 Å². The van der Waals surface area contributed by atoms with Crippen molar-refractivity contribution in [2.45, 2.75) is 36.3 Å². The summed E-state index contributed by atoms with van der Waals surface area (Å²) in [5, 5.41) is 0. The molecule has 0 saturated carbocycles. The monoisotopic (exact) mass is 465 g/mol. The maximum atomic E-state index is 13.4. The minimum absolute atomic E-state index is 0.162. The van der Waals surface area contributed by atoms with E-state index in [0.717, 1.165) is 15.6 Å². The Hall–Kier alpha value is -2.85. The highest BCUT2D eigenvalue weighted by atomic mass is 35.5. The summed E-state index contributed by atoms with van der Waals surface area (Å²) < 4.78 is 22.0. The van der Waals surface area contributed by atoms with Crippen LogP contribution in [0.4, 0.5) is 0 Å². The van der Waals surface area contributed by atoms with Gasteiger partial charge in [-0.3, -0.25) is 0 Å². The number of nitrogens with zero attached hydrogens (tertiary/aromatic N) is 3. The average Bonchev–Trinajstić information content (AvgIpc) is 3.41. The Morgan fingerprint density at radius 3 is 2.55 bits per heavy atom. The highest BCUT2D eigenvalue weighted by molar-refractivity contribution is 6.62. The van der Waals surface area contributed by atoms with Crippen molar-refractivity contribution in [1.82, 2.24) is 13.9 Å². The third-order valence-electron chi connectivity index (χ3n) is 6.75. The van der Waals surface area contributed by atoms with E-state index < -0.39 is 41.7 Å². The predicted octanol–water partition coefficient (Wildman–Crippen LogP) is 1.70. The first-order chi connectivity index (χ1) is 16.0. The van der Waals surface area contributed by atoms with E-state index in [1.54, 1.807) is 37.5 Å². The molecule has 0 radical (unpaired) electrons. The Balaban J connectivity index is 1.45. The highest BCUT2D eigenvalue weighted by Crippen LogP contribution is 2.47. The molecule has 10 heteroatoms. The van der Waals surface area contributed by atoms with E-state index in [1.165, 1.54) is 9.36 Å². The van der Waals surface area contributed by atoms with Crippen LogP contribution in [0.3, 0.4) is 0 Å². The molecule has 3 aliphatic heterocycles. The van der Waals surface area contributed by atoms with Crippen LogP contribution in [0.25, 0.3) is 5.69 Å². The molecule has 3 aromatic rings. The van der Waals surface area contributed by atoms with Crippen molar-refractivity contribution < 1.29 is 14.0 Å². The van der Waals surface area contributed by atoms with Crippen molar-refractivity contribution in [1.29, 1.82) is 0 Å². The third-order valence-corrected chi connectivity index (χ3v) is 7.25. The topological polar surface area (TPSA) is 76.6 Å². The summed E-state index contributed by atoms with van der Waals surface area (Å²) in [6.45, 7) is 1.95. The summed E-state index contributed by atoms with van der Waals surface area (Å²) in [6.07, 6.45) is 2.19. The Labute approximate surface area is 194 Å². The lowest BCUT2D eigenvalue weighted by Gasteiger charge is -2.46. The molecule has 4 heterocycles. The van der Waals surface area contributed by atoms with Gasteiger partial charge in [0.05, 0.1) is 17.9 Å². The molecule has 2 aromatic carbocycles. The largest absolute Gasteiger partial charge is 0.495 e. The van der Waals surface area contributed by atoms with Gasteiger partial charge in [-0.2, -0.15) is 0 Å². The highest BCUT2D eigenvalue weighted by Gasteiger charge is 2.62. The van der Waals surface area contributed by atoms with Gasteiger partial charge in [-0.25, -0.2) is 23.5 Å². The number of methoxy groups -OCH3 is 1. The Morgan fingerprint density at radius 2 is 1.79 bits per heavy atom. The fourth-order valence-corrected chi connectivity index (χ4v) is 5.49. The second-order valence-corrected chi connectivity index (χ2v) is 9.07. The molecule has 33 heavy (non-hydrogen) atoms. The van der Waals surface area contributed by atoms with Crippen molar-refractivity contribution >= 4 is 24.2 Å². The Kier molecular flexibility index (Phi) is 4.61. The minimum atomic E-state index is -1.40. The number of halogens is 1. The van der Waals surface area contributed by atoms with E-state index >= 15 is 0 Å². The van der Waals surface area contributed by atoms with Crippen LogP contribution in [-0.2, 0) is 19.0 Å². The Morgan fingerprint density at radius 1 is 1.06 bits per heavy atom. The van der Waals surface area contributed by atoms with Crippen molar-refractivity contribution in [2.24, 2.45) is 0 Å². The van der Waals surface area contributed by atoms with E-state index in [0.29, 0.717) is 5.69 Å². The molecular weight excluding hydrogens is 445 g/mol. The first-order valence-corrected chi connectivity index (χ1v) is 11.2. The quantitative estimate of drug-likeness (QED) is 0.333. The number of para-hydroxylation sites is 1. The van der Waals surface area contributed by atoms with Crippen LogP contribution in [0.5, 0.6) is 0 Å². The molecule has 2 bridgehead atoms. The van der Waals surface area contributed by atoms with Crippen LogP contribution >= 0.6 is 11.6 Å². The van der Waals surface area contributed by atoms with Crippen molar-refractivity contribution in [3.05, 3.63) is 93.3 Å². The standard InChI is InChI=1S/C23H21BClN3O5/c1-14(31-2)16-10-6-7-11-17(16)24-32-19-18-12-13-23(25,20(19)33-24)28-22(30)26(21(29)27(18)28)15-8-4-3-5-9-15/h3-14,18-20H,1-2H3/t14-,18+,19+,20+,23-/m1/s1. The van der Waals surface area contributed by atoms with Gasteiger partial charge < -0.3 is 14.0 Å². The SMILES string of the molecule is CO[C@H](C)c1ccccc1B1O[C@H]2[C@@H]3C=C[C@](Cl)([C@H]2O1)n1c(=O)n(-c2ccccc2)c(=O)n13. The van der Waals surface area contributed by atoms with Crippen LogP contribution in [0.1, 0.15) is 24.6 Å². The summed E-state index contributed by atoms with van der Waals surface area (Å²) in [4.78, 5) is 25.4. The number of alkyl halides is 1. The van der Waals surface area contributed by atoms with E-state index in [4.69, 9.17) is 25.6 Å². The molecule has 1 aliphatic carbocycles. The maximum absolute atomic E-state index is 13.4. The van der Waals surface area contributed by atoms with Crippen LogP contribution < -0.4 is 16.8 Å². The number of ether oxygens (including phenoxy) is 1. The lowest BCUT2D eigenvalue weighted by Crippen LogP contribution is -2.61. The number of hydrogen-bond donors (Lipinski definition) is 0. The molecule has 5 atom stereocenters. The smallest absolute Gasteiger partial charge is 0.399 e. The molecule has 0 unspecified atom stereocenters. The van der Waals surface area contributed by atoms with Gasteiger partial charge in [-0.05, 0) is 36.2 Å². The predicted molar refractivity (Wildman–Crippen MR) is 123 cm³/mol. The van der Waals surface area contributed by atoms with E-state index in [2.05, 4.69) is 0 Å². The first-order valence-electron chi connectivity index (χ1n) is 10.8. The number of hydrogen-bond acceptors (Lipinski definition) is 5. The zero-order valence-electron chi connectivity index (χ0n) is 18.0. The molecule has 1 fully saturated rings. The van der Waals surface area contributed by atoms with Crippen molar-refractivity contribution in [3.8, 4) is 5.69 Å². The molecule has 0 spiro atoms. The van der Waals surface area contributed by atoms with Gasteiger partial charge >= 0.3 is 18.5 Å². The number of rotatable bonds is 4. The lowest BCUT2D eigenvalue weighted by molar-refractivity contribution is 0.00854. The minimum Gasteiger partial charge on any atom is -0.399 e. The van der Waals surface area contributed by atoms with Gasteiger partial charge in [0.2, 0.25) is 0 Å². The number of aromatic nitrogens is 3. The molecule has 168 valence electrons. The zero-order valence-corrected chi connectivity index (χ0v) is 18.8. The van der Waals surface area contributed by atoms with Gasteiger partial charge in [-0.1, -0.05) is 60.1 Å². The lowest BCUT2D eigenvalue weighted by atomic mass is 9.75. The van der Waals surface area contributed by atoms with Crippen LogP contribution in [-0.4, -0.2) is 40.4 Å². The fraction of sp³-hybridized carbons (Fsp3) is 0.304. The fourth-order valence-electron chi connectivity index (χ4n) is 5.09. The summed E-state index contributed by atoms with van der Waals surface area (Å²) >= 11 is 7.06. The van der Waals surface area contributed by atoms with Crippen molar-refractivity contribution in [2.75, 3.05) is 7.11 Å². The third kappa shape index (κ3) is 2.77. The van der Waals surface area contributed by atoms with Gasteiger partial charge in [0.1, 0.15) is 12.1 Å².